The number of non-ortho nitro benzene ring substituents is 1. The predicted octanol–water partition coefficient (Wildman–Crippen LogP) is 2.07. The Kier molecular flexibility index (Phi) is 6.29. The number of hydrogen-bond acceptors (Lipinski definition) is 7. The van der Waals surface area contributed by atoms with Gasteiger partial charge in [0.2, 0.25) is 0 Å². The molecule has 1 aromatic carbocycles. The van der Waals surface area contributed by atoms with Crippen molar-refractivity contribution < 1.29 is 28.8 Å². The van der Waals surface area contributed by atoms with E-state index in [4.69, 9.17) is 4.74 Å². The summed E-state index contributed by atoms with van der Waals surface area (Å²) in [5, 5.41) is 13.6. The van der Waals surface area contributed by atoms with Gasteiger partial charge < -0.3 is 10.1 Å². The van der Waals surface area contributed by atoms with E-state index in [-0.39, 0.29) is 22.2 Å². The second-order valence-electron chi connectivity index (χ2n) is 9.01. The monoisotopic (exact) mass is 419 g/mol. The molecule has 0 saturated carbocycles. The van der Waals surface area contributed by atoms with Crippen LogP contribution in [0.25, 0.3) is 0 Å². The normalized spacial score (nSPS) is 13.8. The van der Waals surface area contributed by atoms with E-state index in [0.29, 0.717) is 11.3 Å². The molecular weight excluding hydrogens is 394 g/mol. The highest BCUT2D eigenvalue weighted by atomic mass is 16.6. The topological polar surface area (TPSA) is 136 Å². The minimum absolute atomic E-state index is 0.0198. The third kappa shape index (κ3) is 5.62. The van der Waals surface area contributed by atoms with E-state index in [2.05, 4.69) is 5.32 Å². The lowest BCUT2D eigenvalue weighted by molar-refractivity contribution is -0.384. The van der Waals surface area contributed by atoms with Crippen LogP contribution in [0.1, 0.15) is 61.8 Å². The fourth-order valence-corrected chi connectivity index (χ4v) is 3.64. The standard InChI is InChI=1S/C20H25N3O7/c1-19(2,3)11-20(4,5)21-15(24)10-30-16(25)9-22-17(26)13-7-6-12(23(28)29)8-14(13)18(22)27/h6-8H,9-11H2,1-5H3,(H,21,24). The van der Waals surface area contributed by atoms with Gasteiger partial charge in [0.05, 0.1) is 16.1 Å². The Morgan fingerprint density at radius 1 is 1.10 bits per heavy atom. The highest BCUT2D eigenvalue weighted by Crippen LogP contribution is 2.27. The van der Waals surface area contributed by atoms with Crippen LogP contribution in [0.2, 0.25) is 0 Å². The molecule has 1 N–H and O–H groups in total. The van der Waals surface area contributed by atoms with Crippen molar-refractivity contribution in [3.05, 3.63) is 39.4 Å². The maximum Gasteiger partial charge on any atom is 0.326 e. The molecule has 3 amide bonds. The Hall–Kier alpha value is -3.30. The van der Waals surface area contributed by atoms with Crippen molar-refractivity contribution in [2.75, 3.05) is 13.2 Å². The van der Waals surface area contributed by atoms with Crippen LogP contribution in [0.3, 0.4) is 0 Å². The molecule has 0 fully saturated rings. The number of ether oxygens (including phenoxy) is 1. The van der Waals surface area contributed by atoms with Gasteiger partial charge in [-0.25, -0.2) is 0 Å². The highest BCUT2D eigenvalue weighted by molar-refractivity contribution is 6.22. The molecule has 0 aliphatic carbocycles. The largest absolute Gasteiger partial charge is 0.454 e. The molecule has 0 atom stereocenters. The molecule has 30 heavy (non-hydrogen) atoms. The lowest BCUT2D eigenvalue weighted by atomic mass is 9.82. The summed E-state index contributed by atoms with van der Waals surface area (Å²) in [6, 6.07) is 3.27. The zero-order valence-electron chi connectivity index (χ0n) is 17.6. The molecule has 0 bridgehead atoms. The SMILES string of the molecule is CC(C)(C)CC(C)(C)NC(=O)COC(=O)CN1C(=O)c2ccc([N+](=O)[O-])cc2C1=O. The smallest absolute Gasteiger partial charge is 0.326 e. The third-order valence-electron chi connectivity index (χ3n) is 4.27. The van der Waals surface area contributed by atoms with Gasteiger partial charge in [0, 0.05) is 17.7 Å². The van der Waals surface area contributed by atoms with Gasteiger partial charge in [-0.2, -0.15) is 0 Å². The zero-order chi connectivity index (χ0) is 22.9. The van der Waals surface area contributed by atoms with Crippen molar-refractivity contribution in [1.82, 2.24) is 10.2 Å². The molecule has 0 unspecified atom stereocenters. The summed E-state index contributed by atoms with van der Waals surface area (Å²) in [7, 11) is 0. The molecule has 1 heterocycles. The number of rotatable bonds is 7. The number of amides is 3. The van der Waals surface area contributed by atoms with Gasteiger partial charge in [0.15, 0.2) is 6.61 Å². The summed E-state index contributed by atoms with van der Waals surface area (Å²) < 4.78 is 4.89. The number of benzene rings is 1. The van der Waals surface area contributed by atoms with E-state index in [1.54, 1.807) is 0 Å². The minimum Gasteiger partial charge on any atom is -0.454 e. The first-order chi connectivity index (χ1) is 13.7. The van der Waals surface area contributed by atoms with E-state index in [0.717, 1.165) is 12.1 Å². The number of hydrogen-bond donors (Lipinski definition) is 1. The number of esters is 1. The second kappa shape index (κ2) is 8.21. The molecule has 2 rings (SSSR count). The van der Waals surface area contributed by atoms with Gasteiger partial charge in [-0.1, -0.05) is 20.8 Å². The summed E-state index contributed by atoms with van der Waals surface area (Å²) in [4.78, 5) is 59.7. The first kappa shape index (κ1) is 23.0. The molecule has 1 aliphatic rings. The number of carbonyl (C=O) groups is 4. The first-order valence-electron chi connectivity index (χ1n) is 9.31. The van der Waals surface area contributed by atoms with Crippen molar-refractivity contribution in [3.8, 4) is 0 Å². The first-order valence-corrected chi connectivity index (χ1v) is 9.31. The molecule has 0 spiro atoms. The summed E-state index contributed by atoms with van der Waals surface area (Å²) >= 11 is 0. The van der Waals surface area contributed by atoms with Gasteiger partial charge in [-0.15, -0.1) is 0 Å². The molecule has 0 radical (unpaired) electrons. The molecule has 1 aliphatic heterocycles. The van der Waals surface area contributed by atoms with Crippen molar-refractivity contribution in [3.63, 3.8) is 0 Å². The Labute approximate surface area is 173 Å². The highest BCUT2D eigenvalue weighted by Gasteiger charge is 2.38. The van der Waals surface area contributed by atoms with Crippen molar-refractivity contribution >= 4 is 29.4 Å². The Balaban J connectivity index is 1.94. The average molecular weight is 419 g/mol. The van der Waals surface area contributed by atoms with Gasteiger partial charge >= 0.3 is 5.97 Å². The van der Waals surface area contributed by atoms with Crippen LogP contribution in [0.4, 0.5) is 5.69 Å². The maximum absolute atomic E-state index is 12.4. The number of carbonyl (C=O) groups excluding carboxylic acids is 4. The quantitative estimate of drug-likeness (QED) is 0.309. The van der Waals surface area contributed by atoms with Crippen LogP contribution in [-0.2, 0) is 14.3 Å². The van der Waals surface area contributed by atoms with E-state index in [9.17, 15) is 29.3 Å². The van der Waals surface area contributed by atoms with Crippen LogP contribution in [-0.4, -0.2) is 52.2 Å². The van der Waals surface area contributed by atoms with Gasteiger partial charge in [0.1, 0.15) is 6.54 Å². The van der Waals surface area contributed by atoms with Crippen LogP contribution in [0.15, 0.2) is 18.2 Å². The lowest BCUT2D eigenvalue weighted by Gasteiger charge is -2.33. The third-order valence-corrected chi connectivity index (χ3v) is 4.27. The Bertz CT molecular complexity index is 915. The summed E-state index contributed by atoms with van der Waals surface area (Å²) in [5.41, 5.74) is -1.05. The van der Waals surface area contributed by atoms with E-state index in [1.165, 1.54) is 6.07 Å². The Morgan fingerprint density at radius 3 is 2.27 bits per heavy atom. The van der Waals surface area contributed by atoms with Crippen molar-refractivity contribution in [1.29, 1.82) is 0 Å². The number of nitro benzene ring substituents is 1. The van der Waals surface area contributed by atoms with Crippen LogP contribution in [0.5, 0.6) is 0 Å². The number of nitro groups is 1. The van der Waals surface area contributed by atoms with E-state index < -0.39 is 47.3 Å². The molecule has 10 heteroatoms. The van der Waals surface area contributed by atoms with Crippen molar-refractivity contribution in [2.45, 2.75) is 46.6 Å². The molecule has 10 nitrogen and oxygen atoms in total. The van der Waals surface area contributed by atoms with Crippen LogP contribution in [0, 0.1) is 15.5 Å². The summed E-state index contributed by atoms with van der Waals surface area (Å²) in [5.74, 6) is -3.03. The fourth-order valence-electron chi connectivity index (χ4n) is 3.64. The molecular formula is C20H25N3O7. The lowest BCUT2D eigenvalue weighted by Crippen LogP contribution is -2.47. The molecule has 1 aromatic rings. The van der Waals surface area contributed by atoms with E-state index >= 15 is 0 Å². The molecule has 162 valence electrons. The van der Waals surface area contributed by atoms with Crippen LogP contribution >= 0.6 is 0 Å². The van der Waals surface area contributed by atoms with E-state index in [1.807, 2.05) is 34.6 Å². The zero-order valence-corrected chi connectivity index (χ0v) is 17.6. The second-order valence-corrected chi connectivity index (χ2v) is 9.01. The van der Waals surface area contributed by atoms with Crippen molar-refractivity contribution in [2.24, 2.45) is 5.41 Å². The van der Waals surface area contributed by atoms with Gasteiger partial charge in [-0.3, -0.25) is 34.2 Å². The minimum atomic E-state index is -0.942. The number of imide groups is 1. The predicted molar refractivity (Wildman–Crippen MR) is 106 cm³/mol. The summed E-state index contributed by atoms with van der Waals surface area (Å²) in [6.45, 7) is 8.58. The fraction of sp³-hybridized carbons (Fsp3) is 0.500. The molecule has 0 aromatic heterocycles. The maximum atomic E-state index is 12.4. The van der Waals surface area contributed by atoms with Gasteiger partial charge in [0.25, 0.3) is 23.4 Å². The summed E-state index contributed by atoms with van der Waals surface area (Å²) in [6.07, 6.45) is 0.695. The number of nitrogens with one attached hydrogen (secondary N) is 1. The molecule has 0 saturated heterocycles. The average Bonchev–Trinajstić information content (AvgIpc) is 2.82. The van der Waals surface area contributed by atoms with Gasteiger partial charge in [-0.05, 0) is 31.7 Å². The van der Waals surface area contributed by atoms with Crippen LogP contribution < -0.4 is 5.32 Å². The Morgan fingerprint density at radius 2 is 1.70 bits per heavy atom. The number of fused-ring (bicyclic) bond motifs is 1. The number of nitrogens with zero attached hydrogens (tertiary/aromatic N) is 2.